The highest BCUT2D eigenvalue weighted by Crippen LogP contribution is 2.22. The lowest BCUT2D eigenvalue weighted by Crippen LogP contribution is -2.28. The first kappa shape index (κ1) is 19.9. The lowest BCUT2D eigenvalue weighted by Gasteiger charge is -2.17. The molecule has 0 bridgehead atoms. The fraction of sp³-hybridized carbons (Fsp3) is 0.0952. The predicted octanol–water partition coefficient (Wildman–Crippen LogP) is 4.63. The number of nitrogens with one attached hydrogen (secondary N) is 2. The topological polar surface area (TPSA) is 75.3 Å². The minimum atomic E-state index is -3.86. The van der Waals surface area contributed by atoms with Crippen LogP contribution in [0.1, 0.15) is 28.9 Å². The lowest BCUT2D eigenvalue weighted by molar-refractivity contribution is 0.0941. The van der Waals surface area contributed by atoms with E-state index >= 15 is 0 Å². The van der Waals surface area contributed by atoms with Gasteiger partial charge in [-0.15, -0.1) is 0 Å². The molecule has 0 aromatic heterocycles. The number of rotatable bonds is 6. The molecule has 7 heteroatoms. The van der Waals surface area contributed by atoms with E-state index in [-0.39, 0.29) is 28.1 Å². The van der Waals surface area contributed by atoms with Crippen LogP contribution in [-0.2, 0) is 10.0 Å². The number of halogens is 1. The van der Waals surface area contributed by atoms with E-state index in [0.717, 1.165) is 5.56 Å². The first-order valence-electron chi connectivity index (χ1n) is 8.60. The van der Waals surface area contributed by atoms with E-state index in [1.165, 1.54) is 24.3 Å². The maximum absolute atomic E-state index is 12.8. The maximum atomic E-state index is 12.8. The van der Waals surface area contributed by atoms with Crippen LogP contribution in [0.15, 0.2) is 83.8 Å². The van der Waals surface area contributed by atoms with Gasteiger partial charge in [-0.25, -0.2) is 8.42 Å². The van der Waals surface area contributed by atoms with Crippen molar-refractivity contribution in [1.82, 2.24) is 5.32 Å². The van der Waals surface area contributed by atoms with Crippen molar-refractivity contribution in [1.29, 1.82) is 0 Å². The predicted molar refractivity (Wildman–Crippen MR) is 111 cm³/mol. The Morgan fingerprint density at radius 2 is 1.50 bits per heavy atom. The molecule has 28 heavy (non-hydrogen) atoms. The fourth-order valence-electron chi connectivity index (χ4n) is 2.69. The average molecular weight is 415 g/mol. The van der Waals surface area contributed by atoms with E-state index in [0.29, 0.717) is 5.02 Å². The van der Waals surface area contributed by atoms with Crippen LogP contribution in [0.5, 0.6) is 0 Å². The number of amides is 1. The summed E-state index contributed by atoms with van der Waals surface area (Å²) in [5.41, 5.74) is 1.40. The van der Waals surface area contributed by atoms with Gasteiger partial charge in [0.15, 0.2) is 0 Å². The number of hydrogen-bond acceptors (Lipinski definition) is 3. The highest BCUT2D eigenvalue weighted by Gasteiger charge is 2.19. The molecule has 0 spiro atoms. The molecule has 1 amide bonds. The molecule has 0 aliphatic rings. The van der Waals surface area contributed by atoms with Crippen molar-refractivity contribution < 1.29 is 13.2 Å². The maximum Gasteiger partial charge on any atom is 0.261 e. The number of sulfonamides is 1. The Bertz CT molecular complexity index is 1070. The van der Waals surface area contributed by atoms with E-state index in [2.05, 4.69) is 10.0 Å². The van der Waals surface area contributed by atoms with Gasteiger partial charge >= 0.3 is 0 Å². The molecule has 0 unspecified atom stereocenters. The molecular weight excluding hydrogens is 396 g/mol. The Balaban J connectivity index is 1.83. The van der Waals surface area contributed by atoms with Gasteiger partial charge in [0.1, 0.15) is 0 Å². The number of hydrogen-bond donors (Lipinski definition) is 2. The van der Waals surface area contributed by atoms with Crippen LogP contribution in [0.25, 0.3) is 0 Å². The molecule has 0 fully saturated rings. The molecule has 3 aromatic rings. The summed E-state index contributed by atoms with van der Waals surface area (Å²) in [4.78, 5) is 12.8. The standard InChI is InChI=1S/C21H19ClN2O3S/c1-15(16-7-3-2-4-8-16)23-21(25)19-9-5-6-10-20(19)24-28(26,27)18-13-11-17(22)12-14-18/h2-15,24H,1H3,(H,23,25)/t15-/m1/s1. The molecule has 1 atom stereocenters. The van der Waals surface area contributed by atoms with Gasteiger partial charge in [-0.1, -0.05) is 54.1 Å². The Morgan fingerprint density at radius 1 is 0.893 bits per heavy atom. The van der Waals surface area contributed by atoms with Gasteiger partial charge in [0.2, 0.25) is 0 Å². The first-order chi connectivity index (χ1) is 13.4. The molecule has 0 saturated carbocycles. The monoisotopic (exact) mass is 414 g/mol. The molecule has 0 heterocycles. The number of carbonyl (C=O) groups is 1. The summed E-state index contributed by atoms with van der Waals surface area (Å²) in [6, 6.07) is 21.6. The summed E-state index contributed by atoms with van der Waals surface area (Å²) in [6.45, 7) is 1.87. The lowest BCUT2D eigenvalue weighted by atomic mass is 10.1. The average Bonchev–Trinajstić information content (AvgIpc) is 2.69. The highest BCUT2D eigenvalue weighted by molar-refractivity contribution is 7.92. The number of para-hydroxylation sites is 1. The smallest absolute Gasteiger partial charge is 0.261 e. The van der Waals surface area contributed by atoms with E-state index < -0.39 is 10.0 Å². The van der Waals surface area contributed by atoms with Crippen LogP contribution in [0.4, 0.5) is 5.69 Å². The van der Waals surface area contributed by atoms with Crippen LogP contribution >= 0.6 is 11.6 Å². The Kier molecular flexibility index (Phi) is 6.02. The molecule has 0 aliphatic heterocycles. The summed E-state index contributed by atoms with van der Waals surface area (Å²) in [7, 11) is -3.86. The SMILES string of the molecule is C[C@@H](NC(=O)c1ccccc1NS(=O)(=O)c1ccc(Cl)cc1)c1ccccc1. The normalized spacial score (nSPS) is 12.2. The van der Waals surface area contributed by atoms with E-state index in [1.54, 1.807) is 24.3 Å². The molecule has 3 rings (SSSR count). The fourth-order valence-corrected chi connectivity index (χ4v) is 3.89. The summed E-state index contributed by atoms with van der Waals surface area (Å²) < 4.78 is 27.8. The van der Waals surface area contributed by atoms with Gasteiger partial charge in [-0.3, -0.25) is 9.52 Å². The van der Waals surface area contributed by atoms with Gasteiger partial charge in [0.25, 0.3) is 15.9 Å². The van der Waals surface area contributed by atoms with Crippen molar-refractivity contribution in [3.63, 3.8) is 0 Å². The zero-order valence-corrected chi connectivity index (χ0v) is 16.7. The van der Waals surface area contributed by atoms with E-state index in [4.69, 9.17) is 11.6 Å². The zero-order valence-electron chi connectivity index (χ0n) is 15.1. The second-order valence-corrected chi connectivity index (χ2v) is 8.33. The Hall–Kier alpha value is -2.83. The second kappa shape index (κ2) is 8.46. The van der Waals surface area contributed by atoms with Crippen LogP contribution in [0.2, 0.25) is 5.02 Å². The van der Waals surface area contributed by atoms with Crippen molar-refractivity contribution in [3.05, 3.63) is 95.0 Å². The molecule has 0 aliphatic carbocycles. The molecular formula is C21H19ClN2O3S. The summed E-state index contributed by atoms with van der Waals surface area (Å²) >= 11 is 5.82. The van der Waals surface area contributed by atoms with Crippen molar-refractivity contribution >= 4 is 33.2 Å². The van der Waals surface area contributed by atoms with Crippen molar-refractivity contribution in [3.8, 4) is 0 Å². The highest BCUT2D eigenvalue weighted by atomic mass is 35.5. The number of anilines is 1. The van der Waals surface area contributed by atoms with Crippen molar-refractivity contribution in [2.24, 2.45) is 0 Å². The summed E-state index contributed by atoms with van der Waals surface area (Å²) in [6.07, 6.45) is 0. The minimum Gasteiger partial charge on any atom is -0.345 e. The van der Waals surface area contributed by atoms with Crippen LogP contribution in [-0.4, -0.2) is 14.3 Å². The van der Waals surface area contributed by atoms with Crippen molar-refractivity contribution in [2.45, 2.75) is 17.9 Å². The van der Waals surface area contributed by atoms with Gasteiger partial charge in [-0.2, -0.15) is 0 Å². The summed E-state index contributed by atoms with van der Waals surface area (Å²) in [5, 5.41) is 3.33. The van der Waals surface area contributed by atoms with E-state index in [1.807, 2.05) is 37.3 Å². The molecule has 2 N–H and O–H groups in total. The number of benzene rings is 3. The second-order valence-electron chi connectivity index (χ2n) is 6.21. The Labute approximate surface area is 169 Å². The zero-order chi connectivity index (χ0) is 20.1. The summed E-state index contributed by atoms with van der Waals surface area (Å²) in [5.74, 6) is -0.370. The molecule has 3 aromatic carbocycles. The first-order valence-corrected chi connectivity index (χ1v) is 10.5. The number of carbonyl (C=O) groups excluding carboxylic acids is 1. The third-order valence-corrected chi connectivity index (χ3v) is 5.82. The van der Waals surface area contributed by atoms with Gasteiger partial charge in [0, 0.05) is 5.02 Å². The minimum absolute atomic E-state index is 0.0600. The quantitative estimate of drug-likeness (QED) is 0.617. The van der Waals surface area contributed by atoms with Crippen LogP contribution in [0.3, 0.4) is 0 Å². The third kappa shape index (κ3) is 4.71. The van der Waals surface area contributed by atoms with Crippen LogP contribution in [0, 0.1) is 0 Å². The van der Waals surface area contributed by atoms with Gasteiger partial charge < -0.3 is 5.32 Å². The molecule has 0 saturated heterocycles. The van der Waals surface area contributed by atoms with Gasteiger partial charge in [-0.05, 0) is 48.9 Å². The molecule has 5 nitrogen and oxygen atoms in total. The van der Waals surface area contributed by atoms with Crippen molar-refractivity contribution in [2.75, 3.05) is 4.72 Å². The molecule has 0 radical (unpaired) electrons. The van der Waals surface area contributed by atoms with Gasteiger partial charge in [0.05, 0.1) is 22.2 Å². The third-order valence-electron chi connectivity index (χ3n) is 4.19. The van der Waals surface area contributed by atoms with E-state index in [9.17, 15) is 13.2 Å². The Morgan fingerprint density at radius 3 is 2.18 bits per heavy atom. The largest absolute Gasteiger partial charge is 0.345 e. The van der Waals surface area contributed by atoms with Crippen LogP contribution < -0.4 is 10.0 Å². The molecule has 144 valence electrons.